The van der Waals surface area contributed by atoms with Crippen LogP contribution < -0.4 is 11.1 Å². The van der Waals surface area contributed by atoms with Crippen LogP contribution in [0.15, 0.2) is 30.5 Å². The van der Waals surface area contributed by atoms with Gasteiger partial charge in [-0.25, -0.2) is 9.37 Å². The summed E-state index contributed by atoms with van der Waals surface area (Å²) in [5.41, 5.74) is 6.08. The zero-order valence-corrected chi connectivity index (χ0v) is 10.8. The molecule has 0 radical (unpaired) electrons. The van der Waals surface area contributed by atoms with Gasteiger partial charge in [0.05, 0.1) is 10.6 Å². The number of nitrogens with two attached hydrogens (primary N) is 1. The van der Waals surface area contributed by atoms with E-state index in [9.17, 15) is 9.18 Å². The summed E-state index contributed by atoms with van der Waals surface area (Å²) in [6.07, 6.45) is 1.47. The van der Waals surface area contributed by atoms with E-state index < -0.39 is 11.7 Å². The summed E-state index contributed by atoms with van der Waals surface area (Å²) in [4.78, 5) is 15.9. The molecule has 0 atom stereocenters. The van der Waals surface area contributed by atoms with Gasteiger partial charge >= 0.3 is 0 Å². The normalized spacial score (nSPS) is 10.3. The number of carbonyl (C=O) groups excluding carboxylic acids is 1. The smallest absolute Gasteiger partial charge is 0.259 e. The minimum absolute atomic E-state index is 0.140. The molecule has 3 N–H and O–H groups in total. The predicted molar refractivity (Wildman–Crippen MR) is 72.7 cm³/mol. The maximum absolute atomic E-state index is 13.9. The van der Waals surface area contributed by atoms with Crippen molar-refractivity contribution in [3.63, 3.8) is 0 Å². The summed E-state index contributed by atoms with van der Waals surface area (Å²) in [6, 6.07) is 5.93. The van der Waals surface area contributed by atoms with Crippen molar-refractivity contribution in [2.45, 2.75) is 6.92 Å². The largest absolute Gasteiger partial charge is 0.399 e. The molecule has 6 heteroatoms. The summed E-state index contributed by atoms with van der Waals surface area (Å²) in [6.45, 7) is 1.54. The fourth-order valence-corrected chi connectivity index (χ4v) is 1.78. The Labute approximate surface area is 114 Å². The lowest BCUT2D eigenvalue weighted by molar-refractivity contribution is 0.102. The highest BCUT2D eigenvalue weighted by atomic mass is 35.5. The first-order valence-corrected chi connectivity index (χ1v) is 5.84. The number of nitrogens with zero attached hydrogens (tertiary/aromatic N) is 1. The van der Waals surface area contributed by atoms with E-state index in [4.69, 9.17) is 17.3 Å². The molecule has 0 saturated heterocycles. The number of hydrogen-bond acceptors (Lipinski definition) is 3. The maximum atomic E-state index is 13.9. The number of anilines is 2. The molecule has 19 heavy (non-hydrogen) atoms. The number of hydrogen-bond donors (Lipinski definition) is 2. The number of rotatable bonds is 2. The molecule has 0 spiro atoms. The van der Waals surface area contributed by atoms with Gasteiger partial charge in [0.1, 0.15) is 5.82 Å². The Morgan fingerprint density at radius 3 is 2.89 bits per heavy atom. The Kier molecular flexibility index (Phi) is 3.66. The molecule has 98 valence electrons. The Balaban J connectivity index is 2.33. The second kappa shape index (κ2) is 5.24. The minimum Gasteiger partial charge on any atom is -0.399 e. The van der Waals surface area contributed by atoms with Gasteiger partial charge in [0.15, 0.2) is 5.82 Å². The Morgan fingerprint density at radius 2 is 2.21 bits per heavy atom. The second-order valence-corrected chi connectivity index (χ2v) is 4.39. The third-order valence-corrected chi connectivity index (χ3v) is 2.82. The zero-order chi connectivity index (χ0) is 14.0. The number of amides is 1. The second-order valence-electron chi connectivity index (χ2n) is 3.99. The molecule has 0 aliphatic carbocycles. The molecule has 4 nitrogen and oxygen atoms in total. The maximum Gasteiger partial charge on any atom is 0.259 e. The highest BCUT2D eigenvalue weighted by molar-refractivity contribution is 6.33. The number of carbonyl (C=O) groups is 1. The topological polar surface area (TPSA) is 68.0 Å². The summed E-state index contributed by atoms with van der Waals surface area (Å²) < 4.78 is 13.9. The Hall–Kier alpha value is -2.14. The fourth-order valence-electron chi connectivity index (χ4n) is 1.62. The van der Waals surface area contributed by atoms with Gasteiger partial charge in [0.25, 0.3) is 5.91 Å². The third-order valence-electron chi connectivity index (χ3n) is 2.51. The molecule has 1 aromatic carbocycles. The van der Waals surface area contributed by atoms with E-state index in [1.165, 1.54) is 25.3 Å². The van der Waals surface area contributed by atoms with Crippen LogP contribution in [-0.2, 0) is 0 Å². The number of aromatic nitrogens is 1. The lowest BCUT2D eigenvalue weighted by Crippen LogP contribution is -2.16. The van der Waals surface area contributed by atoms with E-state index in [2.05, 4.69) is 10.3 Å². The number of nitrogens with one attached hydrogen (secondary N) is 1. The van der Waals surface area contributed by atoms with Crippen LogP contribution in [-0.4, -0.2) is 10.9 Å². The average Bonchev–Trinajstić information content (AvgIpc) is 2.36. The van der Waals surface area contributed by atoms with Crippen molar-refractivity contribution in [2.24, 2.45) is 0 Å². The zero-order valence-electron chi connectivity index (χ0n) is 10.1. The van der Waals surface area contributed by atoms with E-state index in [1.54, 1.807) is 12.1 Å². The van der Waals surface area contributed by atoms with Crippen molar-refractivity contribution in [1.29, 1.82) is 0 Å². The van der Waals surface area contributed by atoms with E-state index >= 15 is 0 Å². The van der Waals surface area contributed by atoms with Crippen molar-refractivity contribution < 1.29 is 9.18 Å². The van der Waals surface area contributed by atoms with Gasteiger partial charge in [0.2, 0.25) is 0 Å². The number of aryl methyl sites for hydroxylation is 1. The number of benzene rings is 1. The molecule has 0 aliphatic rings. The van der Waals surface area contributed by atoms with E-state index in [0.29, 0.717) is 11.3 Å². The highest BCUT2D eigenvalue weighted by Gasteiger charge is 2.16. The third kappa shape index (κ3) is 2.82. The van der Waals surface area contributed by atoms with Crippen molar-refractivity contribution >= 4 is 29.0 Å². The van der Waals surface area contributed by atoms with Gasteiger partial charge in [-0.2, -0.15) is 0 Å². The monoisotopic (exact) mass is 279 g/mol. The molecule has 0 aliphatic heterocycles. The molecule has 1 amide bonds. The van der Waals surface area contributed by atoms with Crippen LogP contribution in [0.1, 0.15) is 15.9 Å². The van der Waals surface area contributed by atoms with Crippen LogP contribution in [0.5, 0.6) is 0 Å². The van der Waals surface area contributed by atoms with Gasteiger partial charge in [0, 0.05) is 11.9 Å². The summed E-state index contributed by atoms with van der Waals surface area (Å²) in [5, 5.41) is 2.72. The standard InChI is InChI=1S/C13H11ClFN3O/c1-7-5-8(16)6-9(11(7)15)13(19)18-12-10(14)3-2-4-17-12/h2-6H,16H2,1H3,(H,17,18,19). The molecule has 0 fully saturated rings. The molecule has 0 unspecified atom stereocenters. The van der Waals surface area contributed by atoms with Gasteiger partial charge in [-0.05, 0) is 36.8 Å². The SMILES string of the molecule is Cc1cc(N)cc(C(=O)Nc2ncccc2Cl)c1F. The molecular formula is C13H11ClFN3O. The summed E-state index contributed by atoms with van der Waals surface area (Å²) in [7, 11) is 0. The van der Waals surface area contributed by atoms with Crippen molar-refractivity contribution in [3.05, 3.63) is 52.4 Å². The van der Waals surface area contributed by atoms with Crippen LogP contribution >= 0.6 is 11.6 Å². The van der Waals surface area contributed by atoms with Crippen LogP contribution in [0, 0.1) is 12.7 Å². The molecule has 2 rings (SSSR count). The lowest BCUT2D eigenvalue weighted by Gasteiger charge is -2.09. The van der Waals surface area contributed by atoms with Gasteiger partial charge in [-0.15, -0.1) is 0 Å². The molecule has 0 saturated carbocycles. The minimum atomic E-state index is -0.645. The van der Waals surface area contributed by atoms with Crippen molar-refractivity contribution in [2.75, 3.05) is 11.1 Å². The van der Waals surface area contributed by atoms with Gasteiger partial charge in [-0.1, -0.05) is 11.6 Å². The first-order valence-electron chi connectivity index (χ1n) is 5.46. The molecule has 2 aromatic rings. The number of nitrogen functional groups attached to an aromatic ring is 1. The Morgan fingerprint density at radius 1 is 1.47 bits per heavy atom. The molecular weight excluding hydrogens is 269 g/mol. The molecule has 0 bridgehead atoms. The van der Waals surface area contributed by atoms with Crippen LogP contribution in [0.3, 0.4) is 0 Å². The molecule has 1 aromatic heterocycles. The lowest BCUT2D eigenvalue weighted by atomic mass is 10.1. The van der Waals surface area contributed by atoms with E-state index in [-0.39, 0.29) is 16.4 Å². The first kappa shape index (κ1) is 13.3. The quantitative estimate of drug-likeness (QED) is 0.830. The van der Waals surface area contributed by atoms with Gasteiger partial charge < -0.3 is 11.1 Å². The fraction of sp³-hybridized carbons (Fsp3) is 0.0769. The van der Waals surface area contributed by atoms with Crippen LogP contribution in [0.25, 0.3) is 0 Å². The van der Waals surface area contributed by atoms with Crippen molar-refractivity contribution in [3.8, 4) is 0 Å². The van der Waals surface area contributed by atoms with E-state index in [0.717, 1.165) is 0 Å². The van der Waals surface area contributed by atoms with Gasteiger partial charge in [-0.3, -0.25) is 4.79 Å². The highest BCUT2D eigenvalue weighted by Crippen LogP contribution is 2.21. The van der Waals surface area contributed by atoms with Crippen molar-refractivity contribution in [1.82, 2.24) is 4.98 Å². The predicted octanol–water partition coefficient (Wildman–Crippen LogP) is 3.02. The number of halogens is 2. The molecule has 1 heterocycles. The average molecular weight is 280 g/mol. The summed E-state index contributed by atoms with van der Waals surface area (Å²) >= 11 is 5.86. The summed E-state index contributed by atoms with van der Waals surface area (Å²) in [5.74, 6) is -1.08. The number of pyridine rings is 1. The van der Waals surface area contributed by atoms with E-state index in [1.807, 2.05) is 0 Å². The van der Waals surface area contributed by atoms with Crippen LogP contribution in [0.4, 0.5) is 15.9 Å². The first-order chi connectivity index (χ1) is 8.99. The Bertz CT molecular complexity index is 646. The van der Waals surface area contributed by atoms with Crippen LogP contribution in [0.2, 0.25) is 5.02 Å².